The second-order valence-corrected chi connectivity index (χ2v) is 4.08. The van der Waals surface area contributed by atoms with E-state index in [9.17, 15) is 0 Å². The number of halogens is 1. The summed E-state index contributed by atoms with van der Waals surface area (Å²) in [6.07, 6.45) is 1.07. The summed E-state index contributed by atoms with van der Waals surface area (Å²) in [5, 5.41) is 7.73. The first kappa shape index (κ1) is 8.26. The van der Waals surface area contributed by atoms with E-state index in [1.807, 2.05) is 11.7 Å². The molecule has 0 amide bonds. The third kappa shape index (κ3) is 1.19. The van der Waals surface area contributed by atoms with Crippen LogP contribution in [0.25, 0.3) is 0 Å². The Morgan fingerprint density at radius 1 is 1.67 bits per heavy atom. The first-order chi connectivity index (χ1) is 5.68. The molecule has 0 radical (unpaired) electrons. The van der Waals surface area contributed by atoms with Gasteiger partial charge < -0.3 is 5.32 Å². The molecule has 1 aliphatic heterocycles. The molecule has 0 fully saturated rings. The van der Waals surface area contributed by atoms with Gasteiger partial charge in [0.15, 0.2) is 0 Å². The van der Waals surface area contributed by atoms with Crippen molar-refractivity contribution in [2.45, 2.75) is 25.9 Å². The zero-order valence-corrected chi connectivity index (χ0v) is 8.85. The molecule has 1 aromatic rings. The summed E-state index contributed by atoms with van der Waals surface area (Å²) >= 11 is 3.45. The van der Waals surface area contributed by atoms with Crippen molar-refractivity contribution < 1.29 is 0 Å². The van der Waals surface area contributed by atoms with Crippen molar-refractivity contribution in [2.75, 3.05) is 0 Å². The second kappa shape index (κ2) is 2.85. The van der Waals surface area contributed by atoms with Crippen molar-refractivity contribution in [3.8, 4) is 0 Å². The standard InChI is InChI=1S/C8H12BrN3/c1-5-3-7-6(4-10-5)8(9)11-12(7)2/h5,10H,3-4H2,1-2H3/t5-/m1/s1. The fourth-order valence-electron chi connectivity index (χ4n) is 1.64. The van der Waals surface area contributed by atoms with E-state index in [0.717, 1.165) is 17.6 Å². The molecule has 0 saturated carbocycles. The van der Waals surface area contributed by atoms with Crippen LogP contribution in [-0.4, -0.2) is 15.8 Å². The summed E-state index contributed by atoms with van der Waals surface area (Å²) in [5.41, 5.74) is 2.67. The molecule has 0 saturated heterocycles. The van der Waals surface area contributed by atoms with Crippen molar-refractivity contribution in [3.63, 3.8) is 0 Å². The minimum atomic E-state index is 0.569. The zero-order valence-electron chi connectivity index (χ0n) is 7.26. The van der Waals surface area contributed by atoms with Gasteiger partial charge in [-0.05, 0) is 22.9 Å². The lowest BCUT2D eigenvalue weighted by atomic mass is 10.0. The molecule has 1 aliphatic rings. The molecule has 2 rings (SSSR count). The highest BCUT2D eigenvalue weighted by molar-refractivity contribution is 9.10. The minimum Gasteiger partial charge on any atom is -0.310 e. The summed E-state index contributed by atoms with van der Waals surface area (Å²) in [4.78, 5) is 0. The monoisotopic (exact) mass is 229 g/mol. The average molecular weight is 230 g/mol. The average Bonchev–Trinajstić information content (AvgIpc) is 2.28. The van der Waals surface area contributed by atoms with Crippen molar-refractivity contribution in [1.29, 1.82) is 0 Å². The van der Waals surface area contributed by atoms with Crippen LogP contribution in [0, 0.1) is 0 Å². The van der Waals surface area contributed by atoms with Gasteiger partial charge in [-0.3, -0.25) is 4.68 Å². The fraction of sp³-hybridized carbons (Fsp3) is 0.625. The predicted molar refractivity (Wildman–Crippen MR) is 50.9 cm³/mol. The van der Waals surface area contributed by atoms with Gasteiger partial charge in [0.1, 0.15) is 4.60 Å². The number of hydrogen-bond acceptors (Lipinski definition) is 2. The highest BCUT2D eigenvalue weighted by Gasteiger charge is 2.20. The van der Waals surface area contributed by atoms with Gasteiger partial charge in [0.25, 0.3) is 0 Å². The number of nitrogens with one attached hydrogen (secondary N) is 1. The van der Waals surface area contributed by atoms with Gasteiger partial charge >= 0.3 is 0 Å². The highest BCUT2D eigenvalue weighted by atomic mass is 79.9. The minimum absolute atomic E-state index is 0.569. The summed E-state index contributed by atoms with van der Waals surface area (Å²) < 4.78 is 2.95. The van der Waals surface area contributed by atoms with Gasteiger partial charge in [-0.2, -0.15) is 5.10 Å². The number of fused-ring (bicyclic) bond motifs is 1. The van der Waals surface area contributed by atoms with Crippen LogP contribution in [0.15, 0.2) is 4.60 Å². The lowest BCUT2D eigenvalue weighted by Crippen LogP contribution is -2.33. The Bertz CT molecular complexity index is 305. The molecule has 0 aromatic carbocycles. The zero-order chi connectivity index (χ0) is 8.72. The molecule has 3 nitrogen and oxygen atoms in total. The molecular formula is C8H12BrN3. The molecule has 2 heterocycles. The first-order valence-corrected chi connectivity index (χ1v) is 4.91. The number of aryl methyl sites for hydroxylation is 1. The maximum absolute atomic E-state index is 4.32. The summed E-state index contributed by atoms with van der Waals surface area (Å²) in [6.45, 7) is 3.13. The highest BCUT2D eigenvalue weighted by Crippen LogP contribution is 2.23. The number of nitrogens with zero attached hydrogens (tertiary/aromatic N) is 2. The van der Waals surface area contributed by atoms with E-state index in [0.29, 0.717) is 6.04 Å². The van der Waals surface area contributed by atoms with Crippen LogP contribution in [0.4, 0.5) is 0 Å². The van der Waals surface area contributed by atoms with Crippen molar-refractivity contribution in [3.05, 3.63) is 15.9 Å². The molecule has 12 heavy (non-hydrogen) atoms. The van der Waals surface area contributed by atoms with Crippen molar-refractivity contribution in [1.82, 2.24) is 15.1 Å². The van der Waals surface area contributed by atoms with E-state index in [1.165, 1.54) is 11.3 Å². The lowest BCUT2D eigenvalue weighted by Gasteiger charge is -2.20. The lowest BCUT2D eigenvalue weighted by molar-refractivity contribution is 0.494. The van der Waals surface area contributed by atoms with E-state index in [-0.39, 0.29) is 0 Å². The Labute approximate surface area is 80.3 Å². The van der Waals surface area contributed by atoms with Crippen LogP contribution in [-0.2, 0) is 20.0 Å². The van der Waals surface area contributed by atoms with Crippen molar-refractivity contribution in [2.24, 2.45) is 7.05 Å². The topological polar surface area (TPSA) is 29.9 Å². The second-order valence-electron chi connectivity index (χ2n) is 3.33. The van der Waals surface area contributed by atoms with E-state index < -0.39 is 0 Å². The Morgan fingerprint density at radius 3 is 3.17 bits per heavy atom. The summed E-state index contributed by atoms with van der Waals surface area (Å²) in [7, 11) is 2.00. The Hall–Kier alpha value is -0.350. The van der Waals surface area contributed by atoms with Crippen LogP contribution in [0.3, 0.4) is 0 Å². The predicted octanol–water partition coefficient (Wildman–Crippen LogP) is 1.22. The summed E-state index contributed by atoms with van der Waals surface area (Å²) in [6, 6.07) is 0.569. The number of hydrogen-bond donors (Lipinski definition) is 1. The van der Waals surface area contributed by atoms with Gasteiger partial charge in [0, 0.05) is 37.3 Å². The quantitative estimate of drug-likeness (QED) is 0.726. The molecule has 4 heteroatoms. The van der Waals surface area contributed by atoms with Crippen LogP contribution in [0.5, 0.6) is 0 Å². The maximum Gasteiger partial charge on any atom is 0.132 e. The molecular weight excluding hydrogens is 218 g/mol. The molecule has 1 N–H and O–H groups in total. The largest absolute Gasteiger partial charge is 0.310 e. The van der Waals surface area contributed by atoms with Crippen molar-refractivity contribution >= 4 is 15.9 Å². The maximum atomic E-state index is 4.32. The third-order valence-electron chi connectivity index (χ3n) is 2.35. The smallest absolute Gasteiger partial charge is 0.132 e. The molecule has 0 spiro atoms. The third-order valence-corrected chi connectivity index (χ3v) is 2.99. The molecule has 1 aromatic heterocycles. The molecule has 66 valence electrons. The number of rotatable bonds is 0. The molecule has 1 atom stereocenters. The Kier molecular flexibility index (Phi) is 1.96. The van der Waals surface area contributed by atoms with Gasteiger partial charge in [-0.15, -0.1) is 0 Å². The SMILES string of the molecule is C[C@@H]1Cc2c(c(Br)nn2C)CN1. The first-order valence-electron chi connectivity index (χ1n) is 4.12. The number of aromatic nitrogens is 2. The summed E-state index contributed by atoms with van der Waals surface area (Å²) in [5.74, 6) is 0. The molecule has 0 bridgehead atoms. The molecule has 0 unspecified atom stereocenters. The van der Waals surface area contributed by atoms with Gasteiger partial charge in [0.2, 0.25) is 0 Å². The van der Waals surface area contributed by atoms with Crippen LogP contribution >= 0.6 is 15.9 Å². The van der Waals surface area contributed by atoms with Gasteiger partial charge in [-0.1, -0.05) is 0 Å². The van der Waals surface area contributed by atoms with E-state index in [2.05, 4.69) is 33.3 Å². The van der Waals surface area contributed by atoms with E-state index >= 15 is 0 Å². The Balaban J connectivity index is 2.45. The van der Waals surface area contributed by atoms with Gasteiger partial charge in [0.05, 0.1) is 0 Å². The fourth-order valence-corrected chi connectivity index (χ4v) is 2.24. The van der Waals surface area contributed by atoms with E-state index in [4.69, 9.17) is 0 Å². The van der Waals surface area contributed by atoms with Gasteiger partial charge in [-0.25, -0.2) is 0 Å². The Morgan fingerprint density at radius 2 is 2.42 bits per heavy atom. The molecule has 0 aliphatic carbocycles. The van der Waals surface area contributed by atoms with Crippen LogP contribution in [0.2, 0.25) is 0 Å². The normalized spacial score (nSPS) is 22.4. The van der Waals surface area contributed by atoms with Crippen LogP contribution in [0.1, 0.15) is 18.2 Å². The van der Waals surface area contributed by atoms with E-state index in [1.54, 1.807) is 0 Å². The van der Waals surface area contributed by atoms with Crippen LogP contribution < -0.4 is 5.32 Å².